The average molecular weight is 267 g/mol. The minimum absolute atomic E-state index is 0.256. The molecule has 1 aromatic carbocycles. The number of piperidine rings is 1. The molecule has 0 saturated carbocycles. The molecular weight excluding hydrogens is 244 g/mol. The lowest BCUT2D eigenvalue weighted by atomic mass is 9.93. The van der Waals surface area contributed by atoms with Crippen molar-refractivity contribution in [1.82, 2.24) is 4.90 Å². The molecule has 0 amide bonds. The SMILES string of the molecule is CC1CCN(C(C)(N)Cc2ccc(Cl)cc2)CC1. The van der Waals surface area contributed by atoms with Gasteiger partial charge in [0, 0.05) is 24.5 Å². The van der Waals surface area contributed by atoms with Gasteiger partial charge in [0.1, 0.15) is 0 Å². The van der Waals surface area contributed by atoms with Crippen LogP contribution in [0.5, 0.6) is 0 Å². The Morgan fingerprint density at radius 1 is 1.28 bits per heavy atom. The summed E-state index contributed by atoms with van der Waals surface area (Å²) in [7, 11) is 0. The highest BCUT2D eigenvalue weighted by atomic mass is 35.5. The van der Waals surface area contributed by atoms with E-state index in [2.05, 4.69) is 30.9 Å². The van der Waals surface area contributed by atoms with Crippen LogP contribution in [0.4, 0.5) is 0 Å². The second-order valence-electron chi connectivity index (χ2n) is 5.83. The van der Waals surface area contributed by atoms with Crippen LogP contribution >= 0.6 is 11.6 Å². The first-order valence-corrected chi connectivity index (χ1v) is 7.13. The zero-order valence-corrected chi connectivity index (χ0v) is 12.1. The van der Waals surface area contributed by atoms with E-state index < -0.39 is 0 Å². The molecule has 1 heterocycles. The van der Waals surface area contributed by atoms with E-state index in [1.807, 2.05) is 12.1 Å². The van der Waals surface area contributed by atoms with E-state index in [0.29, 0.717) is 0 Å². The molecule has 1 aliphatic rings. The first kappa shape index (κ1) is 13.9. The lowest BCUT2D eigenvalue weighted by Crippen LogP contribution is -2.57. The lowest BCUT2D eigenvalue weighted by Gasteiger charge is -2.42. The molecule has 1 unspecified atom stereocenters. The van der Waals surface area contributed by atoms with Gasteiger partial charge in [-0.1, -0.05) is 30.7 Å². The number of benzene rings is 1. The van der Waals surface area contributed by atoms with Gasteiger partial charge in [0.2, 0.25) is 0 Å². The standard InChI is InChI=1S/C15H23ClN2/c1-12-7-9-18(10-8-12)15(2,17)11-13-3-5-14(16)6-4-13/h3-6,12H,7-11,17H2,1-2H3. The molecule has 0 aromatic heterocycles. The maximum absolute atomic E-state index is 6.50. The molecule has 100 valence electrons. The number of hydrogen-bond acceptors (Lipinski definition) is 2. The average Bonchev–Trinajstić information content (AvgIpc) is 2.32. The van der Waals surface area contributed by atoms with Crippen molar-refractivity contribution in [3.63, 3.8) is 0 Å². The fourth-order valence-electron chi connectivity index (χ4n) is 2.65. The van der Waals surface area contributed by atoms with Gasteiger partial charge >= 0.3 is 0 Å². The van der Waals surface area contributed by atoms with Gasteiger partial charge in [-0.2, -0.15) is 0 Å². The predicted molar refractivity (Wildman–Crippen MR) is 77.7 cm³/mol. The number of likely N-dealkylation sites (tertiary alicyclic amines) is 1. The first-order chi connectivity index (χ1) is 8.47. The Balaban J connectivity index is 2.00. The van der Waals surface area contributed by atoms with Crippen LogP contribution in [0.15, 0.2) is 24.3 Å². The summed E-state index contributed by atoms with van der Waals surface area (Å²) in [5, 5.41) is 0.782. The van der Waals surface area contributed by atoms with Crippen LogP contribution in [0.25, 0.3) is 0 Å². The quantitative estimate of drug-likeness (QED) is 0.910. The molecule has 18 heavy (non-hydrogen) atoms. The summed E-state index contributed by atoms with van der Waals surface area (Å²) < 4.78 is 0. The van der Waals surface area contributed by atoms with Crippen LogP contribution in [0.1, 0.15) is 32.3 Å². The number of rotatable bonds is 3. The molecule has 2 nitrogen and oxygen atoms in total. The topological polar surface area (TPSA) is 29.3 Å². The molecule has 2 rings (SSSR count). The summed E-state index contributed by atoms with van der Waals surface area (Å²) >= 11 is 5.91. The second kappa shape index (κ2) is 5.60. The molecule has 0 aliphatic carbocycles. The van der Waals surface area contributed by atoms with Crippen molar-refractivity contribution >= 4 is 11.6 Å². The van der Waals surface area contributed by atoms with Crippen molar-refractivity contribution in [2.75, 3.05) is 13.1 Å². The van der Waals surface area contributed by atoms with Gasteiger partial charge in [-0.3, -0.25) is 4.90 Å². The third kappa shape index (κ3) is 3.47. The van der Waals surface area contributed by atoms with Gasteiger partial charge in [0.15, 0.2) is 0 Å². The Hall–Kier alpha value is -0.570. The maximum atomic E-state index is 6.50. The Bertz CT molecular complexity index is 378. The van der Waals surface area contributed by atoms with Crippen molar-refractivity contribution in [1.29, 1.82) is 0 Å². The maximum Gasteiger partial charge on any atom is 0.0699 e. The Morgan fingerprint density at radius 2 is 1.83 bits per heavy atom. The van der Waals surface area contributed by atoms with E-state index in [1.54, 1.807) is 0 Å². The Kier molecular flexibility index (Phi) is 4.31. The summed E-state index contributed by atoms with van der Waals surface area (Å²) in [5.74, 6) is 0.840. The molecule has 1 aliphatic heterocycles. The fraction of sp³-hybridized carbons (Fsp3) is 0.600. The highest BCUT2D eigenvalue weighted by molar-refractivity contribution is 6.30. The van der Waals surface area contributed by atoms with Gasteiger partial charge in [-0.05, 0) is 43.4 Å². The first-order valence-electron chi connectivity index (χ1n) is 6.76. The molecule has 2 N–H and O–H groups in total. The zero-order valence-electron chi connectivity index (χ0n) is 11.3. The highest BCUT2D eigenvalue weighted by Crippen LogP contribution is 2.24. The smallest absolute Gasteiger partial charge is 0.0699 e. The third-order valence-corrected chi connectivity index (χ3v) is 4.23. The van der Waals surface area contributed by atoms with Gasteiger partial charge in [-0.25, -0.2) is 0 Å². The van der Waals surface area contributed by atoms with Gasteiger partial charge in [0.25, 0.3) is 0 Å². The fourth-order valence-corrected chi connectivity index (χ4v) is 2.77. The van der Waals surface area contributed by atoms with E-state index in [0.717, 1.165) is 30.5 Å². The molecule has 1 aromatic rings. The van der Waals surface area contributed by atoms with Crippen LogP contribution in [0.3, 0.4) is 0 Å². The summed E-state index contributed by atoms with van der Waals surface area (Å²) in [6.07, 6.45) is 3.39. The summed E-state index contributed by atoms with van der Waals surface area (Å²) in [6.45, 7) is 6.69. The van der Waals surface area contributed by atoms with E-state index in [4.69, 9.17) is 17.3 Å². The molecule has 1 atom stereocenters. The summed E-state index contributed by atoms with van der Waals surface area (Å²) in [5.41, 5.74) is 7.50. The third-order valence-electron chi connectivity index (χ3n) is 3.98. The van der Waals surface area contributed by atoms with Crippen molar-refractivity contribution in [3.8, 4) is 0 Å². The summed E-state index contributed by atoms with van der Waals surface area (Å²) in [4.78, 5) is 2.42. The van der Waals surface area contributed by atoms with E-state index in [1.165, 1.54) is 18.4 Å². The van der Waals surface area contributed by atoms with Crippen molar-refractivity contribution in [2.45, 2.75) is 38.8 Å². The minimum atomic E-state index is -0.256. The van der Waals surface area contributed by atoms with Gasteiger partial charge in [0.05, 0.1) is 5.66 Å². The lowest BCUT2D eigenvalue weighted by molar-refractivity contribution is 0.0695. The van der Waals surface area contributed by atoms with Crippen LogP contribution in [-0.2, 0) is 6.42 Å². The van der Waals surface area contributed by atoms with Crippen LogP contribution < -0.4 is 5.73 Å². The summed E-state index contributed by atoms with van der Waals surface area (Å²) in [6, 6.07) is 8.01. The van der Waals surface area contributed by atoms with Gasteiger partial charge in [-0.15, -0.1) is 0 Å². The van der Waals surface area contributed by atoms with Gasteiger partial charge < -0.3 is 5.73 Å². The number of nitrogens with two attached hydrogens (primary N) is 1. The largest absolute Gasteiger partial charge is 0.313 e. The predicted octanol–water partition coefficient (Wildman–Crippen LogP) is 3.29. The Labute approximate surface area is 115 Å². The van der Waals surface area contributed by atoms with E-state index in [9.17, 15) is 0 Å². The molecule has 1 fully saturated rings. The van der Waals surface area contributed by atoms with Crippen LogP contribution in [-0.4, -0.2) is 23.7 Å². The number of nitrogens with zero attached hydrogens (tertiary/aromatic N) is 1. The molecule has 1 saturated heterocycles. The number of halogens is 1. The van der Waals surface area contributed by atoms with Crippen molar-refractivity contribution in [2.24, 2.45) is 11.7 Å². The molecule has 3 heteroatoms. The van der Waals surface area contributed by atoms with Crippen LogP contribution in [0, 0.1) is 5.92 Å². The molecule has 0 bridgehead atoms. The van der Waals surface area contributed by atoms with E-state index >= 15 is 0 Å². The van der Waals surface area contributed by atoms with Crippen molar-refractivity contribution < 1.29 is 0 Å². The minimum Gasteiger partial charge on any atom is -0.313 e. The second-order valence-corrected chi connectivity index (χ2v) is 6.27. The van der Waals surface area contributed by atoms with Crippen LogP contribution in [0.2, 0.25) is 5.02 Å². The zero-order chi connectivity index (χ0) is 13.2. The van der Waals surface area contributed by atoms with E-state index in [-0.39, 0.29) is 5.66 Å². The molecular formula is C15H23ClN2. The monoisotopic (exact) mass is 266 g/mol. The normalized spacial score (nSPS) is 21.8. The number of hydrogen-bond donors (Lipinski definition) is 1. The molecule has 0 radical (unpaired) electrons. The highest BCUT2D eigenvalue weighted by Gasteiger charge is 2.30. The Morgan fingerprint density at radius 3 is 2.39 bits per heavy atom. The van der Waals surface area contributed by atoms with Crippen molar-refractivity contribution in [3.05, 3.63) is 34.9 Å². The molecule has 0 spiro atoms.